The van der Waals surface area contributed by atoms with E-state index in [9.17, 15) is 0 Å². The second-order valence-corrected chi connectivity index (χ2v) is 4.91. The van der Waals surface area contributed by atoms with E-state index in [1.807, 2.05) is 32.2 Å². The summed E-state index contributed by atoms with van der Waals surface area (Å²) in [5.74, 6) is 0.465. The maximum absolute atomic E-state index is 8.86. The molecule has 0 fully saturated rings. The van der Waals surface area contributed by atoms with Gasteiger partial charge in [0.15, 0.2) is 0 Å². The van der Waals surface area contributed by atoms with Crippen LogP contribution in [0.4, 0.5) is 5.95 Å². The van der Waals surface area contributed by atoms with Crippen LogP contribution in [0.3, 0.4) is 0 Å². The van der Waals surface area contributed by atoms with E-state index in [1.54, 1.807) is 17.4 Å². The van der Waals surface area contributed by atoms with Crippen molar-refractivity contribution in [3.8, 4) is 6.07 Å². The van der Waals surface area contributed by atoms with E-state index in [0.29, 0.717) is 11.6 Å². The van der Waals surface area contributed by atoms with E-state index < -0.39 is 0 Å². The molecule has 2 heterocycles. The maximum Gasteiger partial charge on any atom is 0.224 e. The first-order chi connectivity index (χ1) is 8.58. The molecule has 0 spiro atoms. The van der Waals surface area contributed by atoms with Crippen LogP contribution >= 0.6 is 11.3 Å². The smallest absolute Gasteiger partial charge is 0.224 e. The molecule has 1 unspecified atom stereocenters. The Bertz CT molecular complexity index is 599. The number of nitrogens with zero attached hydrogens (tertiary/aromatic N) is 4. The van der Waals surface area contributed by atoms with Gasteiger partial charge in [0.1, 0.15) is 16.8 Å². The average molecular weight is 259 g/mol. The van der Waals surface area contributed by atoms with Crippen LogP contribution < -0.4 is 5.32 Å². The van der Waals surface area contributed by atoms with E-state index >= 15 is 0 Å². The molecule has 0 aliphatic heterocycles. The molecule has 0 radical (unpaired) electrons. The Balaban J connectivity index is 2.19. The van der Waals surface area contributed by atoms with Gasteiger partial charge in [-0.2, -0.15) is 5.26 Å². The Hall–Kier alpha value is -2.00. The van der Waals surface area contributed by atoms with Gasteiger partial charge in [0.25, 0.3) is 0 Å². The van der Waals surface area contributed by atoms with Crippen molar-refractivity contribution in [3.05, 3.63) is 33.5 Å². The Morgan fingerprint density at radius 1 is 1.28 bits per heavy atom. The predicted octanol–water partition coefficient (Wildman–Crippen LogP) is 2.59. The Labute approximate surface area is 110 Å². The second-order valence-electron chi connectivity index (χ2n) is 4.02. The van der Waals surface area contributed by atoms with Gasteiger partial charge >= 0.3 is 0 Å². The molecule has 18 heavy (non-hydrogen) atoms. The number of hydrogen-bond donors (Lipinski definition) is 1. The molecular weight excluding hydrogens is 246 g/mol. The summed E-state index contributed by atoms with van der Waals surface area (Å²) in [6.45, 7) is 5.80. The third-order valence-electron chi connectivity index (χ3n) is 2.32. The zero-order valence-corrected chi connectivity index (χ0v) is 11.2. The molecule has 92 valence electrons. The Kier molecular flexibility index (Phi) is 3.53. The van der Waals surface area contributed by atoms with Crippen molar-refractivity contribution in [1.29, 1.82) is 5.26 Å². The minimum absolute atomic E-state index is 0.0250. The Morgan fingerprint density at radius 3 is 2.67 bits per heavy atom. The van der Waals surface area contributed by atoms with Crippen LogP contribution in [0.2, 0.25) is 0 Å². The van der Waals surface area contributed by atoms with E-state index in [0.717, 1.165) is 16.4 Å². The third kappa shape index (κ3) is 2.81. The second kappa shape index (κ2) is 5.10. The minimum atomic E-state index is 0.0250. The molecule has 5 nitrogen and oxygen atoms in total. The van der Waals surface area contributed by atoms with Crippen LogP contribution in [0.5, 0.6) is 0 Å². The highest BCUT2D eigenvalue weighted by Crippen LogP contribution is 2.20. The highest BCUT2D eigenvalue weighted by molar-refractivity contribution is 7.09. The van der Waals surface area contributed by atoms with Crippen LogP contribution in [-0.4, -0.2) is 15.0 Å². The quantitative estimate of drug-likeness (QED) is 0.917. The van der Waals surface area contributed by atoms with Crippen LogP contribution in [0.15, 0.2) is 11.4 Å². The zero-order valence-electron chi connectivity index (χ0n) is 10.4. The molecule has 6 heteroatoms. The first kappa shape index (κ1) is 12.5. The fourth-order valence-electron chi connectivity index (χ4n) is 1.52. The largest absolute Gasteiger partial charge is 0.345 e. The number of aryl methyl sites for hydroxylation is 2. The van der Waals surface area contributed by atoms with Crippen LogP contribution in [-0.2, 0) is 0 Å². The lowest BCUT2D eigenvalue weighted by molar-refractivity contribution is 0.839. The summed E-state index contributed by atoms with van der Waals surface area (Å²) in [6, 6.07) is 3.70. The molecule has 0 saturated heterocycles. The maximum atomic E-state index is 8.86. The molecule has 0 amide bonds. The molecule has 0 aliphatic carbocycles. The number of nitrogens with one attached hydrogen (secondary N) is 1. The van der Waals surface area contributed by atoms with Crippen molar-refractivity contribution < 1.29 is 0 Å². The lowest BCUT2D eigenvalue weighted by atomic mass is 10.3. The van der Waals surface area contributed by atoms with Crippen molar-refractivity contribution in [1.82, 2.24) is 15.0 Å². The molecule has 2 aromatic rings. The summed E-state index contributed by atoms with van der Waals surface area (Å²) in [6.07, 6.45) is 0. The van der Waals surface area contributed by atoms with Gasteiger partial charge in [-0.15, -0.1) is 11.3 Å². The molecule has 0 aliphatic rings. The van der Waals surface area contributed by atoms with Gasteiger partial charge in [-0.25, -0.2) is 15.0 Å². The van der Waals surface area contributed by atoms with Crippen molar-refractivity contribution in [2.45, 2.75) is 26.8 Å². The van der Waals surface area contributed by atoms with E-state index in [-0.39, 0.29) is 6.04 Å². The number of nitriles is 1. The number of hydrogen-bond acceptors (Lipinski definition) is 6. The fraction of sp³-hybridized carbons (Fsp3) is 0.333. The normalized spacial score (nSPS) is 11.9. The molecular formula is C12H13N5S. The third-order valence-corrected chi connectivity index (χ3v) is 3.47. The highest BCUT2D eigenvalue weighted by atomic mass is 32.1. The molecule has 1 N–H and O–H groups in total. The Morgan fingerprint density at radius 2 is 2.06 bits per heavy atom. The summed E-state index contributed by atoms with van der Waals surface area (Å²) in [4.78, 5) is 12.8. The number of rotatable bonds is 3. The van der Waals surface area contributed by atoms with Crippen LogP contribution in [0, 0.1) is 25.2 Å². The van der Waals surface area contributed by atoms with Gasteiger partial charge in [0.2, 0.25) is 5.95 Å². The standard InChI is InChI=1S/C12H13N5S/c1-7-4-10(5-13)17-12(15-7)16-9(3)11-14-8(2)6-18-11/h4,6,9H,1-3H3,(H,15,16,17). The van der Waals surface area contributed by atoms with Crippen LogP contribution in [0.25, 0.3) is 0 Å². The number of anilines is 1. The summed E-state index contributed by atoms with van der Waals surface area (Å²) in [5, 5.41) is 15.0. The molecule has 2 rings (SSSR count). The van der Waals surface area contributed by atoms with E-state index in [4.69, 9.17) is 5.26 Å². The number of thiazole rings is 1. The summed E-state index contributed by atoms with van der Waals surface area (Å²) < 4.78 is 0. The molecule has 0 saturated carbocycles. The van der Waals surface area contributed by atoms with Crippen LogP contribution in [0.1, 0.15) is 35.1 Å². The molecule has 2 aromatic heterocycles. The lowest BCUT2D eigenvalue weighted by Gasteiger charge is -2.11. The number of aromatic nitrogens is 3. The molecule has 0 bridgehead atoms. The van der Waals surface area contributed by atoms with Crippen molar-refractivity contribution in [2.75, 3.05) is 5.32 Å². The summed E-state index contributed by atoms with van der Waals surface area (Å²) >= 11 is 1.60. The first-order valence-corrected chi connectivity index (χ1v) is 6.41. The van der Waals surface area contributed by atoms with Gasteiger partial charge in [-0.3, -0.25) is 0 Å². The van der Waals surface area contributed by atoms with Gasteiger partial charge in [0.05, 0.1) is 6.04 Å². The monoisotopic (exact) mass is 259 g/mol. The molecule has 1 atom stereocenters. The van der Waals surface area contributed by atoms with Gasteiger partial charge in [-0.05, 0) is 26.8 Å². The minimum Gasteiger partial charge on any atom is -0.345 e. The fourth-order valence-corrected chi connectivity index (χ4v) is 2.32. The van der Waals surface area contributed by atoms with E-state index in [2.05, 4.69) is 20.3 Å². The van der Waals surface area contributed by atoms with Crippen molar-refractivity contribution in [3.63, 3.8) is 0 Å². The van der Waals surface area contributed by atoms with E-state index in [1.165, 1.54) is 0 Å². The topological polar surface area (TPSA) is 74.5 Å². The SMILES string of the molecule is Cc1cc(C#N)nc(NC(C)c2nc(C)cs2)n1. The molecule has 0 aromatic carbocycles. The zero-order chi connectivity index (χ0) is 13.1. The first-order valence-electron chi connectivity index (χ1n) is 5.53. The lowest BCUT2D eigenvalue weighted by Crippen LogP contribution is -2.10. The van der Waals surface area contributed by atoms with Crippen molar-refractivity contribution in [2.24, 2.45) is 0 Å². The van der Waals surface area contributed by atoms with Crippen molar-refractivity contribution >= 4 is 17.3 Å². The summed E-state index contributed by atoms with van der Waals surface area (Å²) in [7, 11) is 0. The predicted molar refractivity (Wildman–Crippen MR) is 70.4 cm³/mol. The highest BCUT2D eigenvalue weighted by Gasteiger charge is 2.11. The van der Waals surface area contributed by atoms with Gasteiger partial charge < -0.3 is 5.32 Å². The van der Waals surface area contributed by atoms with Gasteiger partial charge in [0, 0.05) is 16.8 Å². The van der Waals surface area contributed by atoms with Gasteiger partial charge in [-0.1, -0.05) is 0 Å². The average Bonchev–Trinajstić information content (AvgIpc) is 2.75. The summed E-state index contributed by atoms with van der Waals surface area (Å²) in [5.41, 5.74) is 2.14.